The predicted molar refractivity (Wildman–Crippen MR) is 132 cm³/mol. The van der Waals surface area contributed by atoms with Gasteiger partial charge in [0.15, 0.2) is 0 Å². The average molecular weight is 477 g/mol. The second-order valence-corrected chi connectivity index (χ2v) is 8.40. The minimum Gasteiger partial charge on any atom is -0.447 e. The van der Waals surface area contributed by atoms with Gasteiger partial charge in [0, 0.05) is 40.6 Å². The molecule has 0 saturated carbocycles. The SMILES string of the molecule is CNC(=O)c1ccccc1Sc1ccc2c(-c3ccc(NC(=O)OCCOC)cc3)n[nH]c2c1. The molecule has 0 atom stereocenters. The van der Waals surface area contributed by atoms with Gasteiger partial charge in [-0.25, -0.2) is 4.79 Å². The third-order valence-electron chi connectivity index (χ3n) is 5.05. The van der Waals surface area contributed by atoms with Gasteiger partial charge in [0.2, 0.25) is 0 Å². The van der Waals surface area contributed by atoms with E-state index >= 15 is 0 Å². The Labute approximate surface area is 201 Å². The molecular weight excluding hydrogens is 452 g/mol. The summed E-state index contributed by atoms with van der Waals surface area (Å²) in [5, 5.41) is 13.9. The first-order valence-corrected chi connectivity index (χ1v) is 11.4. The molecule has 1 heterocycles. The molecule has 2 amide bonds. The first-order chi connectivity index (χ1) is 16.6. The van der Waals surface area contributed by atoms with E-state index in [4.69, 9.17) is 9.47 Å². The van der Waals surface area contributed by atoms with Gasteiger partial charge in [-0.05, 0) is 42.5 Å². The van der Waals surface area contributed by atoms with E-state index in [0.29, 0.717) is 17.9 Å². The maximum atomic E-state index is 12.2. The summed E-state index contributed by atoms with van der Waals surface area (Å²) < 4.78 is 9.87. The largest absolute Gasteiger partial charge is 0.447 e. The minimum atomic E-state index is -0.530. The lowest BCUT2D eigenvalue weighted by atomic mass is 10.1. The number of anilines is 1. The summed E-state index contributed by atoms with van der Waals surface area (Å²) in [6.45, 7) is 0.538. The molecule has 0 aliphatic heterocycles. The molecule has 1 aromatic heterocycles. The molecular formula is C25H24N4O4S. The standard InChI is InChI=1S/C25H24N4O4S/c1-26-24(30)20-5-3-4-6-22(20)34-18-11-12-19-21(15-18)28-29-23(19)16-7-9-17(10-8-16)27-25(31)33-14-13-32-2/h3-12,15H,13-14H2,1-2H3,(H,26,30)(H,27,31)(H,28,29). The number of nitrogens with zero attached hydrogens (tertiary/aromatic N) is 1. The molecule has 0 aliphatic rings. The second kappa shape index (κ2) is 10.9. The molecule has 174 valence electrons. The van der Waals surface area contributed by atoms with Crippen LogP contribution in [0.15, 0.2) is 76.5 Å². The number of fused-ring (bicyclic) bond motifs is 1. The highest BCUT2D eigenvalue weighted by Crippen LogP contribution is 2.34. The predicted octanol–water partition coefficient (Wildman–Crippen LogP) is 4.94. The van der Waals surface area contributed by atoms with Gasteiger partial charge in [-0.2, -0.15) is 5.10 Å². The van der Waals surface area contributed by atoms with Crippen molar-refractivity contribution in [2.75, 3.05) is 32.7 Å². The molecule has 3 N–H and O–H groups in total. The summed E-state index contributed by atoms with van der Waals surface area (Å²) in [5.74, 6) is -0.117. The van der Waals surface area contributed by atoms with Crippen molar-refractivity contribution in [2.24, 2.45) is 0 Å². The van der Waals surface area contributed by atoms with Crippen molar-refractivity contribution in [2.45, 2.75) is 9.79 Å². The molecule has 9 heteroatoms. The van der Waals surface area contributed by atoms with Gasteiger partial charge in [0.05, 0.1) is 23.4 Å². The van der Waals surface area contributed by atoms with Crippen molar-refractivity contribution >= 4 is 40.4 Å². The number of methoxy groups -OCH3 is 1. The van der Waals surface area contributed by atoms with Crippen LogP contribution >= 0.6 is 11.8 Å². The summed E-state index contributed by atoms with van der Waals surface area (Å²) in [5.41, 5.74) is 3.87. The van der Waals surface area contributed by atoms with E-state index in [9.17, 15) is 9.59 Å². The number of hydrogen-bond acceptors (Lipinski definition) is 6. The third kappa shape index (κ3) is 5.38. The molecule has 0 radical (unpaired) electrons. The molecule has 0 aliphatic carbocycles. The van der Waals surface area contributed by atoms with Crippen LogP contribution in [-0.4, -0.2) is 49.6 Å². The van der Waals surface area contributed by atoms with Gasteiger partial charge < -0.3 is 14.8 Å². The van der Waals surface area contributed by atoms with Gasteiger partial charge in [0.1, 0.15) is 6.61 Å². The van der Waals surface area contributed by atoms with Crippen LogP contribution in [0.1, 0.15) is 10.4 Å². The summed E-state index contributed by atoms with van der Waals surface area (Å²) in [7, 11) is 3.17. The van der Waals surface area contributed by atoms with Crippen molar-refractivity contribution in [3.8, 4) is 11.3 Å². The fourth-order valence-electron chi connectivity index (χ4n) is 3.37. The van der Waals surface area contributed by atoms with Gasteiger partial charge >= 0.3 is 6.09 Å². The lowest BCUT2D eigenvalue weighted by Crippen LogP contribution is -2.18. The number of hydrogen-bond donors (Lipinski definition) is 3. The lowest BCUT2D eigenvalue weighted by molar-refractivity contribution is 0.0960. The Hall–Kier alpha value is -3.82. The molecule has 0 bridgehead atoms. The van der Waals surface area contributed by atoms with E-state index in [1.165, 1.54) is 11.8 Å². The van der Waals surface area contributed by atoms with E-state index in [1.54, 1.807) is 26.3 Å². The van der Waals surface area contributed by atoms with Gasteiger partial charge in [0.25, 0.3) is 5.91 Å². The van der Waals surface area contributed by atoms with Crippen LogP contribution in [-0.2, 0) is 9.47 Å². The molecule has 0 fully saturated rings. The number of carbonyl (C=O) groups excluding carboxylic acids is 2. The zero-order chi connectivity index (χ0) is 23.9. The molecule has 4 aromatic rings. The number of H-pyrrole nitrogens is 1. The summed E-state index contributed by atoms with van der Waals surface area (Å²) in [6.07, 6.45) is -0.530. The van der Waals surface area contributed by atoms with Crippen LogP contribution in [0.2, 0.25) is 0 Å². The van der Waals surface area contributed by atoms with Crippen molar-refractivity contribution in [3.63, 3.8) is 0 Å². The van der Waals surface area contributed by atoms with E-state index in [2.05, 4.69) is 20.8 Å². The highest BCUT2D eigenvalue weighted by atomic mass is 32.2. The molecule has 0 unspecified atom stereocenters. The topological polar surface area (TPSA) is 105 Å². The van der Waals surface area contributed by atoms with Crippen LogP contribution in [0.25, 0.3) is 22.2 Å². The first-order valence-electron chi connectivity index (χ1n) is 10.6. The molecule has 8 nitrogen and oxygen atoms in total. The Morgan fingerprint density at radius 2 is 1.82 bits per heavy atom. The van der Waals surface area contributed by atoms with Crippen molar-refractivity contribution in [1.82, 2.24) is 15.5 Å². The highest BCUT2D eigenvalue weighted by molar-refractivity contribution is 7.99. The van der Waals surface area contributed by atoms with Gasteiger partial charge in [-0.3, -0.25) is 15.2 Å². The molecule has 4 rings (SSSR count). The monoisotopic (exact) mass is 476 g/mol. The molecule has 0 saturated heterocycles. The van der Waals surface area contributed by atoms with E-state index in [1.807, 2.05) is 54.6 Å². The molecule has 0 spiro atoms. The van der Waals surface area contributed by atoms with Crippen LogP contribution in [0.3, 0.4) is 0 Å². The highest BCUT2D eigenvalue weighted by Gasteiger charge is 2.13. The number of ether oxygens (including phenoxy) is 2. The third-order valence-corrected chi connectivity index (χ3v) is 6.11. The van der Waals surface area contributed by atoms with Crippen LogP contribution in [0.5, 0.6) is 0 Å². The zero-order valence-corrected chi connectivity index (χ0v) is 19.6. The Bertz CT molecular complexity index is 1300. The van der Waals surface area contributed by atoms with Crippen LogP contribution < -0.4 is 10.6 Å². The Balaban J connectivity index is 1.50. The van der Waals surface area contributed by atoms with Gasteiger partial charge in [-0.15, -0.1) is 0 Å². The minimum absolute atomic E-state index is 0.117. The maximum Gasteiger partial charge on any atom is 0.411 e. The number of rotatable bonds is 8. The quantitative estimate of drug-likeness (QED) is 0.311. The average Bonchev–Trinajstić information content (AvgIpc) is 3.28. The second-order valence-electron chi connectivity index (χ2n) is 7.29. The number of aromatic amines is 1. The lowest BCUT2D eigenvalue weighted by Gasteiger charge is -2.08. The first kappa shape index (κ1) is 23.3. The van der Waals surface area contributed by atoms with E-state index < -0.39 is 6.09 Å². The Morgan fingerprint density at radius 3 is 2.59 bits per heavy atom. The van der Waals surface area contributed by atoms with E-state index in [0.717, 1.165) is 32.0 Å². The normalized spacial score (nSPS) is 10.8. The smallest absolute Gasteiger partial charge is 0.411 e. The summed E-state index contributed by atoms with van der Waals surface area (Å²) in [4.78, 5) is 25.8. The fraction of sp³-hybridized carbons (Fsp3) is 0.160. The number of benzene rings is 3. The summed E-state index contributed by atoms with van der Waals surface area (Å²) >= 11 is 1.52. The number of carbonyl (C=O) groups is 2. The number of nitrogens with one attached hydrogen (secondary N) is 3. The molecule has 34 heavy (non-hydrogen) atoms. The maximum absolute atomic E-state index is 12.2. The van der Waals surface area contributed by atoms with E-state index in [-0.39, 0.29) is 12.5 Å². The molecule has 3 aromatic carbocycles. The van der Waals surface area contributed by atoms with Crippen LogP contribution in [0.4, 0.5) is 10.5 Å². The number of aromatic nitrogens is 2. The summed E-state index contributed by atoms with van der Waals surface area (Å²) in [6, 6.07) is 20.9. The Kier molecular flexibility index (Phi) is 7.46. The van der Waals surface area contributed by atoms with Crippen LogP contribution in [0, 0.1) is 0 Å². The number of amides is 2. The Morgan fingerprint density at radius 1 is 1.03 bits per heavy atom. The van der Waals surface area contributed by atoms with Crippen molar-refractivity contribution < 1.29 is 19.1 Å². The van der Waals surface area contributed by atoms with Crippen molar-refractivity contribution in [1.29, 1.82) is 0 Å². The zero-order valence-electron chi connectivity index (χ0n) is 18.8. The van der Waals surface area contributed by atoms with Crippen molar-refractivity contribution in [3.05, 3.63) is 72.3 Å². The van der Waals surface area contributed by atoms with Gasteiger partial charge in [-0.1, -0.05) is 36.0 Å². The fourth-order valence-corrected chi connectivity index (χ4v) is 4.35.